The topological polar surface area (TPSA) is 57.5 Å². The van der Waals surface area contributed by atoms with Crippen LogP contribution in [0.3, 0.4) is 0 Å². The molecule has 1 aromatic carbocycles. The monoisotopic (exact) mass is 264 g/mol. The number of carbonyl (C=O) groups is 1. The van der Waals surface area contributed by atoms with Crippen molar-refractivity contribution in [2.24, 2.45) is 5.92 Å². The zero-order valence-electron chi connectivity index (χ0n) is 12.2. The number of aryl methyl sites for hydroxylation is 2. The fraction of sp³-hybridized carbons (Fsp3) is 0.562. The number of carboxylic acids is 1. The molecule has 0 aromatic heterocycles. The van der Waals surface area contributed by atoms with E-state index in [9.17, 15) is 9.90 Å². The Bertz CT molecular complexity index is 449. The first kappa shape index (κ1) is 15.7. The van der Waals surface area contributed by atoms with Gasteiger partial charge in [0.15, 0.2) is 0 Å². The van der Waals surface area contributed by atoms with E-state index in [2.05, 4.69) is 0 Å². The van der Waals surface area contributed by atoms with Gasteiger partial charge in [-0.05, 0) is 36.5 Å². The highest BCUT2D eigenvalue weighted by atomic mass is 16.4. The summed E-state index contributed by atoms with van der Waals surface area (Å²) in [6.07, 6.45) is 1.27. The van der Waals surface area contributed by atoms with E-state index >= 15 is 0 Å². The van der Waals surface area contributed by atoms with Gasteiger partial charge in [0.25, 0.3) is 0 Å². The molecule has 0 aliphatic rings. The van der Waals surface area contributed by atoms with Gasteiger partial charge in [0.05, 0.1) is 6.42 Å². The van der Waals surface area contributed by atoms with Crippen molar-refractivity contribution in [1.82, 2.24) is 0 Å². The molecule has 0 saturated carbocycles. The lowest BCUT2D eigenvalue weighted by Gasteiger charge is -2.35. The van der Waals surface area contributed by atoms with E-state index in [-0.39, 0.29) is 12.3 Å². The molecule has 3 heteroatoms. The quantitative estimate of drug-likeness (QED) is 0.828. The summed E-state index contributed by atoms with van der Waals surface area (Å²) in [5, 5.41) is 20.1. The Labute approximate surface area is 115 Å². The van der Waals surface area contributed by atoms with Crippen molar-refractivity contribution in [1.29, 1.82) is 0 Å². The summed E-state index contributed by atoms with van der Waals surface area (Å²) in [5.41, 5.74) is 1.65. The number of hydrogen-bond donors (Lipinski definition) is 2. The van der Waals surface area contributed by atoms with Gasteiger partial charge in [-0.2, -0.15) is 0 Å². The number of hydrogen-bond acceptors (Lipinski definition) is 2. The van der Waals surface area contributed by atoms with E-state index in [4.69, 9.17) is 5.11 Å². The SMILES string of the molecule is CCC(CC)C(O)(CC(=O)O)c1ccc(C)c(C)c1. The predicted octanol–water partition coefficient (Wildman–Crippen LogP) is 3.40. The molecule has 1 unspecified atom stereocenters. The molecule has 0 saturated heterocycles. The largest absolute Gasteiger partial charge is 0.481 e. The molecule has 0 aliphatic heterocycles. The molecule has 0 amide bonds. The molecule has 19 heavy (non-hydrogen) atoms. The van der Waals surface area contributed by atoms with E-state index in [0.29, 0.717) is 5.56 Å². The second kappa shape index (κ2) is 6.20. The third kappa shape index (κ3) is 3.35. The molecule has 3 nitrogen and oxygen atoms in total. The van der Waals surface area contributed by atoms with E-state index in [1.54, 1.807) is 0 Å². The third-order valence-electron chi connectivity index (χ3n) is 4.09. The normalized spacial score (nSPS) is 14.4. The van der Waals surface area contributed by atoms with Gasteiger partial charge >= 0.3 is 5.97 Å². The standard InChI is InChI=1S/C16H24O3/c1-5-13(6-2)16(19,10-15(17)18)14-8-7-11(3)12(4)9-14/h7-9,13,19H,5-6,10H2,1-4H3,(H,17,18). The van der Waals surface area contributed by atoms with Crippen LogP contribution in [-0.2, 0) is 10.4 Å². The molecule has 0 aliphatic carbocycles. The van der Waals surface area contributed by atoms with Gasteiger partial charge in [0.2, 0.25) is 0 Å². The van der Waals surface area contributed by atoms with Crippen molar-refractivity contribution in [2.45, 2.75) is 52.6 Å². The van der Waals surface area contributed by atoms with Crippen LogP contribution in [0.5, 0.6) is 0 Å². The predicted molar refractivity (Wildman–Crippen MR) is 76.1 cm³/mol. The van der Waals surface area contributed by atoms with Crippen LogP contribution in [0.15, 0.2) is 18.2 Å². The molecular weight excluding hydrogens is 240 g/mol. The van der Waals surface area contributed by atoms with Crippen molar-refractivity contribution >= 4 is 5.97 Å². The van der Waals surface area contributed by atoms with Crippen LogP contribution in [0.1, 0.15) is 49.8 Å². The Morgan fingerprint density at radius 3 is 2.21 bits per heavy atom. The Kier molecular flexibility index (Phi) is 5.12. The molecule has 0 spiro atoms. The fourth-order valence-electron chi connectivity index (χ4n) is 2.69. The molecule has 2 N–H and O–H groups in total. The van der Waals surface area contributed by atoms with Gasteiger partial charge < -0.3 is 10.2 Å². The third-order valence-corrected chi connectivity index (χ3v) is 4.09. The molecule has 106 valence electrons. The maximum Gasteiger partial charge on any atom is 0.306 e. The highest BCUT2D eigenvalue weighted by Gasteiger charge is 2.38. The number of rotatable bonds is 6. The zero-order chi connectivity index (χ0) is 14.6. The van der Waals surface area contributed by atoms with Crippen molar-refractivity contribution in [2.75, 3.05) is 0 Å². The average Bonchev–Trinajstić information content (AvgIpc) is 2.33. The van der Waals surface area contributed by atoms with Gasteiger partial charge in [-0.15, -0.1) is 0 Å². The number of benzene rings is 1. The maximum atomic E-state index is 11.1. The molecule has 0 radical (unpaired) electrons. The number of aliphatic hydroxyl groups is 1. The average molecular weight is 264 g/mol. The Balaban J connectivity index is 3.29. The summed E-state index contributed by atoms with van der Waals surface area (Å²) in [7, 11) is 0. The molecule has 1 rings (SSSR count). The zero-order valence-corrected chi connectivity index (χ0v) is 12.2. The summed E-state index contributed by atoms with van der Waals surface area (Å²) in [5.74, 6) is -1.02. The second-order valence-electron chi connectivity index (χ2n) is 5.31. The molecule has 0 fully saturated rings. The number of carboxylic acid groups (broad SMARTS) is 1. The lowest BCUT2D eigenvalue weighted by molar-refractivity contribution is -0.146. The van der Waals surface area contributed by atoms with Gasteiger partial charge in [0, 0.05) is 0 Å². The van der Waals surface area contributed by atoms with E-state index < -0.39 is 11.6 Å². The van der Waals surface area contributed by atoms with Crippen LogP contribution in [0, 0.1) is 19.8 Å². The first-order valence-electron chi connectivity index (χ1n) is 6.87. The molecule has 0 bridgehead atoms. The molecule has 1 atom stereocenters. The second-order valence-corrected chi connectivity index (χ2v) is 5.31. The first-order chi connectivity index (χ1) is 8.85. The van der Waals surface area contributed by atoms with E-state index in [0.717, 1.165) is 24.0 Å². The van der Waals surface area contributed by atoms with Gasteiger partial charge in [-0.25, -0.2) is 0 Å². The van der Waals surface area contributed by atoms with E-state index in [1.165, 1.54) is 0 Å². The highest BCUT2D eigenvalue weighted by Crippen LogP contribution is 2.37. The Morgan fingerprint density at radius 2 is 1.79 bits per heavy atom. The van der Waals surface area contributed by atoms with Crippen LogP contribution in [0.2, 0.25) is 0 Å². The van der Waals surface area contributed by atoms with E-state index in [1.807, 2.05) is 45.9 Å². The Hall–Kier alpha value is -1.35. The number of aliphatic carboxylic acids is 1. The van der Waals surface area contributed by atoms with Gasteiger partial charge in [-0.1, -0.05) is 44.9 Å². The molecule has 1 aromatic rings. The summed E-state index contributed by atoms with van der Waals surface area (Å²) in [6.45, 7) is 7.96. The Morgan fingerprint density at radius 1 is 1.21 bits per heavy atom. The maximum absolute atomic E-state index is 11.1. The van der Waals surface area contributed by atoms with Crippen LogP contribution in [0.25, 0.3) is 0 Å². The fourth-order valence-corrected chi connectivity index (χ4v) is 2.69. The summed E-state index contributed by atoms with van der Waals surface area (Å²) in [4.78, 5) is 11.1. The van der Waals surface area contributed by atoms with Crippen molar-refractivity contribution < 1.29 is 15.0 Å². The molecular formula is C16H24O3. The smallest absolute Gasteiger partial charge is 0.306 e. The van der Waals surface area contributed by atoms with Gasteiger partial charge in [-0.3, -0.25) is 4.79 Å². The summed E-state index contributed by atoms with van der Waals surface area (Å²) < 4.78 is 0. The van der Waals surface area contributed by atoms with Gasteiger partial charge in [0.1, 0.15) is 5.60 Å². The summed E-state index contributed by atoms with van der Waals surface area (Å²) in [6, 6.07) is 5.71. The van der Waals surface area contributed by atoms with Crippen LogP contribution in [-0.4, -0.2) is 16.2 Å². The van der Waals surface area contributed by atoms with Crippen molar-refractivity contribution in [3.8, 4) is 0 Å². The first-order valence-corrected chi connectivity index (χ1v) is 6.87. The van der Waals surface area contributed by atoms with Crippen molar-refractivity contribution in [3.05, 3.63) is 34.9 Å². The highest BCUT2D eigenvalue weighted by molar-refractivity contribution is 5.68. The van der Waals surface area contributed by atoms with Crippen molar-refractivity contribution in [3.63, 3.8) is 0 Å². The van der Waals surface area contributed by atoms with Crippen LogP contribution >= 0.6 is 0 Å². The van der Waals surface area contributed by atoms with Crippen LogP contribution in [0.4, 0.5) is 0 Å². The lowest BCUT2D eigenvalue weighted by Crippen LogP contribution is -2.37. The lowest BCUT2D eigenvalue weighted by atomic mass is 9.75. The van der Waals surface area contributed by atoms with Crippen LogP contribution < -0.4 is 0 Å². The summed E-state index contributed by atoms with van der Waals surface area (Å²) >= 11 is 0. The minimum Gasteiger partial charge on any atom is -0.481 e. The molecule has 0 heterocycles. The minimum atomic E-state index is -1.28. The minimum absolute atomic E-state index is 0.0503.